The van der Waals surface area contributed by atoms with Crippen LogP contribution >= 0.6 is 11.8 Å². The molecule has 0 unspecified atom stereocenters. The van der Waals surface area contributed by atoms with Crippen LogP contribution in [0.5, 0.6) is 5.75 Å². The molecule has 0 radical (unpaired) electrons. The quantitative estimate of drug-likeness (QED) is 0.857. The van der Waals surface area contributed by atoms with E-state index in [0.717, 1.165) is 30.4 Å². The van der Waals surface area contributed by atoms with E-state index in [9.17, 15) is 18.0 Å². The largest absolute Gasteiger partial charge is 0.573 e. The SMILES string of the molecule is O=C1NC2(CC2)CC2=C1Sc1cc(OC(F)(F)F)ccc1C2. The van der Waals surface area contributed by atoms with Gasteiger partial charge in [0.1, 0.15) is 5.75 Å². The summed E-state index contributed by atoms with van der Waals surface area (Å²) in [5.41, 5.74) is 2.00. The zero-order valence-electron chi connectivity index (χ0n) is 11.4. The summed E-state index contributed by atoms with van der Waals surface area (Å²) in [6, 6.07) is 4.33. The van der Waals surface area contributed by atoms with Gasteiger partial charge in [0.2, 0.25) is 0 Å². The molecule has 1 spiro atoms. The van der Waals surface area contributed by atoms with Gasteiger partial charge in [-0.15, -0.1) is 13.2 Å². The molecule has 1 aliphatic carbocycles. The fourth-order valence-electron chi connectivity index (χ4n) is 3.02. The fourth-order valence-corrected chi connectivity index (χ4v) is 4.12. The Balaban J connectivity index is 1.63. The van der Waals surface area contributed by atoms with E-state index in [1.807, 2.05) is 0 Å². The molecule has 0 bridgehead atoms. The van der Waals surface area contributed by atoms with Crippen molar-refractivity contribution in [3.63, 3.8) is 0 Å². The van der Waals surface area contributed by atoms with Crippen molar-refractivity contribution >= 4 is 17.7 Å². The molecule has 1 fully saturated rings. The van der Waals surface area contributed by atoms with Crippen LogP contribution in [-0.4, -0.2) is 17.8 Å². The minimum atomic E-state index is -4.71. The van der Waals surface area contributed by atoms with E-state index < -0.39 is 6.36 Å². The first-order valence-electron chi connectivity index (χ1n) is 6.95. The number of rotatable bonds is 1. The van der Waals surface area contributed by atoms with Crippen LogP contribution in [0.3, 0.4) is 0 Å². The van der Waals surface area contributed by atoms with E-state index in [1.54, 1.807) is 6.07 Å². The predicted octanol–water partition coefficient (Wildman–Crippen LogP) is 3.54. The zero-order valence-corrected chi connectivity index (χ0v) is 12.2. The average molecular weight is 327 g/mol. The van der Waals surface area contributed by atoms with Crippen LogP contribution in [0.4, 0.5) is 13.2 Å². The molecule has 1 amide bonds. The molecule has 2 heterocycles. The fraction of sp³-hybridized carbons (Fsp3) is 0.400. The third-order valence-electron chi connectivity index (χ3n) is 4.20. The van der Waals surface area contributed by atoms with E-state index in [1.165, 1.54) is 23.9 Å². The van der Waals surface area contributed by atoms with Gasteiger partial charge in [0.25, 0.3) is 5.91 Å². The van der Waals surface area contributed by atoms with Crippen molar-refractivity contribution in [2.24, 2.45) is 0 Å². The number of amides is 1. The van der Waals surface area contributed by atoms with Crippen LogP contribution in [0, 0.1) is 0 Å². The lowest BCUT2D eigenvalue weighted by Gasteiger charge is -2.31. The number of halogens is 3. The summed E-state index contributed by atoms with van der Waals surface area (Å²) in [6.45, 7) is 0. The third-order valence-corrected chi connectivity index (χ3v) is 5.48. The Bertz CT molecular complexity index is 707. The van der Waals surface area contributed by atoms with Crippen molar-refractivity contribution in [1.82, 2.24) is 5.32 Å². The highest BCUT2D eigenvalue weighted by Crippen LogP contribution is 2.50. The van der Waals surface area contributed by atoms with Gasteiger partial charge in [-0.2, -0.15) is 0 Å². The Morgan fingerprint density at radius 1 is 1.27 bits per heavy atom. The molecule has 1 saturated carbocycles. The highest BCUT2D eigenvalue weighted by molar-refractivity contribution is 8.04. The number of carbonyl (C=O) groups excluding carboxylic acids is 1. The van der Waals surface area contributed by atoms with Crippen LogP contribution in [0.15, 0.2) is 33.6 Å². The average Bonchev–Trinajstić information content (AvgIpc) is 3.14. The molecule has 116 valence electrons. The van der Waals surface area contributed by atoms with Gasteiger partial charge in [-0.1, -0.05) is 17.8 Å². The van der Waals surface area contributed by atoms with Crippen LogP contribution in [0.1, 0.15) is 24.8 Å². The van der Waals surface area contributed by atoms with Gasteiger partial charge in [-0.05, 0) is 49.0 Å². The molecule has 0 aromatic heterocycles. The maximum Gasteiger partial charge on any atom is 0.573 e. The van der Waals surface area contributed by atoms with Gasteiger partial charge in [-0.25, -0.2) is 0 Å². The molecule has 1 aromatic carbocycles. The summed E-state index contributed by atoms with van der Waals surface area (Å²) in [5.74, 6) is -0.353. The molecule has 3 aliphatic rings. The van der Waals surface area contributed by atoms with Crippen molar-refractivity contribution in [3.8, 4) is 5.75 Å². The van der Waals surface area contributed by atoms with Gasteiger partial charge in [0.15, 0.2) is 0 Å². The second-order valence-electron chi connectivity index (χ2n) is 5.94. The molecule has 0 saturated heterocycles. The van der Waals surface area contributed by atoms with Crippen molar-refractivity contribution in [2.75, 3.05) is 0 Å². The van der Waals surface area contributed by atoms with Crippen molar-refractivity contribution < 1.29 is 22.7 Å². The molecule has 0 atom stereocenters. The van der Waals surface area contributed by atoms with E-state index in [2.05, 4.69) is 10.1 Å². The number of carbonyl (C=O) groups is 1. The lowest BCUT2D eigenvalue weighted by atomic mass is 9.93. The number of fused-ring (bicyclic) bond motifs is 1. The molecular formula is C15H12F3NO2S. The van der Waals surface area contributed by atoms with Crippen LogP contribution in [0.2, 0.25) is 0 Å². The van der Waals surface area contributed by atoms with E-state index in [4.69, 9.17) is 0 Å². The number of benzene rings is 1. The minimum absolute atomic E-state index is 0.0483. The summed E-state index contributed by atoms with van der Waals surface area (Å²) in [5, 5.41) is 3.02. The van der Waals surface area contributed by atoms with Crippen LogP contribution in [0.25, 0.3) is 0 Å². The summed E-state index contributed by atoms with van der Waals surface area (Å²) < 4.78 is 40.8. The van der Waals surface area contributed by atoms with Gasteiger partial charge in [0, 0.05) is 10.4 Å². The second-order valence-corrected chi connectivity index (χ2v) is 6.99. The summed E-state index contributed by atoms with van der Waals surface area (Å²) >= 11 is 1.24. The number of nitrogens with one attached hydrogen (secondary N) is 1. The van der Waals surface area contributed by atoms with Gasteiger partial charge in [0.05, 0.1) is 4.91 Å². The van der Waals surface area contributed by atoms with E-state index >= 15 is 0 Å². The Hall–Kier alpha value is -1.63. The van der Waals surface area contributed by atoms with Crippen molar-refractivity contribution in [3.05, 3.63) is 34.2 Å². The van der Waals surface area contributed by atoms with Gasteiger partial charge < -0.3 is 10.1 Å². The van der Waals surface area contributed by atoms with E-state index in [-0.39, 0.29) is 17.2 Å². The number of hydrogen-bond donors (Lipinski definition) is 1. The monoisotopic (exact) mass is 327 g/mol. The first kappa shape index (κ1) is 14.0. The minimum Gasteiger partial charge on any atom is -0.406 e. The third kappa shape index (κ3) is 2.47. The Labute approximate surface area is 128 Å². The molecule has 7 heteroatoms. The van der Waals surface area contributed by atoms with Crippen molar-refractivity contribution in [2.45, 2.75) is 42.5 Å². The molecule has 2 aliphatic heterocycles. The smallest absolute Gasteiger partial charge is 0.406 e. The lowest BCUT2D eigenvalue weighted by Crippen LogP contribution is -2.42. The Morgan fingerprint density at radius 2 is 2.05 bits per heavy atom. The van der Waals surface area contributed by atoms with Gasteiger partial charge >= 0.3 is 6.36 Å². The number of hydrogen-bond acceptors (Lipinski definition) is 3. The number of thioether (sulfide) groups is 1. The lowest BCUT2D eigenvalue weighted by molar-refractivity contribution is -0.274. The maximum atomic E-state index is 12.3. The molecule has 3 nitrogen and oxygen atoms in total. The van der Waals surface area contributed by atoms with Crippen molar-refractivity contribution in [1.29, 1.82) is 0 Å². The summed E-state index contributed by atoms with van der Waals surface area (Å²) in [7, 11) is 0. The molecule has 22 heavy (non-hydrogen) atoms. The van der Waals surface area contributed by atoms with Crippen LogP contribution in [-0.2, 0) is 11.2 Å². The first-order valence-corrected chi connectivity index (χ1v) is 7.76. The zero-order chi connectivity index (χ0) is 15.5. The number of ether oxygens (including phenoxy) is 1. The molecule has 1 aromatic rings. The Kier molecular flexibility index (Phi) is 2.82. The summed E-state index contributed by atoms with van der Waals surface area (Å²) in [4.78, 5) is 13.5. The highest BCUT2D eigenvalue weighted by atomic mass is 32.2. The second kappa shape index (κ2) is 4.44. The number of alkyl halides is 3. The topological polar surface area (TPSA) is 38.3 Å². The van der Waals surface area contributed by atoms with Gasteiger partial charge in [-0.3, -0.25) is 4.79 Å². The van der Waals surface area contributed by atoms with E-state index in [0.29, 0.717) is 16.2 Å². The standard InChI is InChI=1S/C15H12F3NO2S/c16-15(17,18)21-10-2-1-8-5-9-7-14(3-4-14)19-13(20)12(9)22-11(8)6-10/h1-2,6H,3-5,7H2,(H,19,20). The van der Waals surface area contributed by atoms with Crippen LogP contribution < -0.4 is 10.1 Å². The Morgan fingerprint density at radius 3 is 2.73 bits per heavy atom. The maximum absolute atomic E-state index is 12.3. The molecule has 4 rings (SSSR count). The molecular weight excluding hydrogens is 315 g/mol. The normalized spacial score (nSPS) is 22.0. The highest BCUT2D eigenvalue weighted by Gasteiger charge is 2.49. The predicted molar refractivity (Wildman–Crippen MR) is 74.4 cm³/mol. The molecule has 1 N–H and O–H groups in total. The summed E-state index contributed by atoms with van der Waals surface area (Å²) in [6.07, 6.45) is -1.23. The first-order chi connectivity index (χ1) is 10.3.